The summed E-state index contributed by atoms with van der Waals surface area (Å²) in [6.07, 6.45) is 0. The van der Waals surface area contributed by atoms with Crippen molar-refractivity contribution in [2.75, 3.05) is 32.7 Å². The SMILES string of the molecule is C=C(C)c1cccc(C(C)(C)NC(=O)N2CC[NH+](CC)CC2)c1. The van der Waals surface area contributed by atoms with E-state index < -0.39 is 5.54 Å². The molecule has 0 aliphatic carbocycles. The molecule has 23 heavy (non-hydrogen) atoms. The van der Waals surface area contributed by atoms with Crippen molar-refractivity contribution >= 4 is 11.6 Å². The highest BCUT2D eigenvalue weighted by molar-refractivity contribution is 5.75. The number of rotatable bonds is 4. The van der Waals surface area contributed by atoms with Gasteiger partial charge in [0.25, 0.3) is 0 Å². The molecule has 1 heterocycles. The van der Waals surface area contributed by atoms with Gasteiger partial charge < -0.3 is 15.1 Å². The fourth-order valence-corrected chi connectivity index (χ4v) is 2.97. The van der Waals surface area contributed by atoms with Crippen LogP contribution in [0.1, 0.15) is 38.8 Å². The van der Waals surface area contributed by atoms with Crippen LogP contribution in [0.2, 0.25) is 0 Å². The molecule has 0 bridgehead atoms. The predicted octanol–water partition coefficient (Wildman–Crippen LogP) is 1.88. The van der Waals surface area contributed by atoms with E-state index in [1.165, 1.54) is 0 Å². The average molecular weight is 316 g/mol. The summed E-state index contributed by atoms with van der Waals surface area (Å²) in [4.78, 5) is 16.1. The van der Waals surface area contributed by atoms with Gasteiger partial charge in [-0.05, 0) is 44.9 Å². The molecule has 0 saturated carbocycles. The number of hydrogen-bond donors (Lipinski definition) is 2. The van der Waals surface area contributed by atoms with Crippen molar-refractivity contribution in [1.82, 2.24) is 10.2 Å². The molecule has 0 unspecified atom stereocenters. The zero-order valence-electron chi connectivity index (χ0n) is 14.9. The number of allylic oxidation sites excluding steroid dienone is 1. The first kappa shape index (κ1) is 17.5. The van der Waals surface area contributed by atoms with Crippen LogP contribution in [0.5, 0.6) is 0 Å². The molecular formula is C19H30N3O+. The number of urea groups is 1. The van der Waals surface area contributed by atoms with Crippen molar-refractivity contribution in [2.45, 2.75) is 33.2 Å². The molecule has 0 radical (unpaired) electrons. The number of likely N-dealkylation sites (N-methyl/N-ethyl adjacent to an activating group) is 1. The second kappa shape index (κ2) is 7.18. The lowest BCUT2D eigenvalue weighted by molar-refractivity contribution is -0.902. The Balaban J connectivity index is 2.04. The van der Waals surface area contributed by atoms with Crippen molar-refractivity contribution in [3.05, 3.63) is 42.0 Å². The summed E-state index contributed by atoms with van der Waals surface area (Å²) < 4.78 is 0. The van der Waals surface area contributed by atoms with Gasteiger partial charge in [0.1, 0.15) is 0 Å². The minimum absolute atomic E-state index is 0.0332. The number of carbonyl (C=O) groups excluding carboxylic acids is 1. The Kier molecular flexibility index (Phi) is 5.47. The van der Waals surface area contributed by atoms with E-state index in [1.807, 2.05) is 17.9 Å². The molecule has 0 spiro atoms. The van der Waals surface area contributed by atoms with Crippen molar-refractivity contribution < 1.29 is 9.69 Å². The molecule has 0 atom stereocenters. The average Bonchev–Trinajstić information content (AvgIpc) is 2.54. The highest BCUT2D eigenvalue weighted by atomic mass is 16.2. The van der Waals surface area contributed by atoms with Gasteiger partial charge in [-0.15, -0.1) is 0 Å². The fraction of sp³-hybridized carbons (Fsp3) is 0.526. The van der Waals surface area contributed by atoms with Gasteiger partial charge in [0.2, 0.25) is 0 Å². The van der Waals surface area contributed by atoms with Gasteiger partial charge in [-0.2, -0.15) is 0 Å². The minimum atomic E-state index is -0.405. The molecule has 2 rings (SSSR count). The molecule has 2 amide bonds. The molecular weight excluding hydrogens is 286 g/mol. The third-order valence-corrected chi connectivity index (χ3v) is 4.75. The maximum atomic E-state index is 12.6. The lowest BCUT2D eigenvalue weighted by atomic mass is 9.92. The topological polar surface area (TPSA) is 36.8 Å². The van der Waals surface area contributed by atoms with E-state index in [9.17, 15) is 4.79 Å². The van der Waals surface area contributed by atoms with Crippen molar-refractivity contribution in [2.24, 2.45) is 0 Å². The van der Waals surface area contributed by atoms with E-state index in [-0.39, 0.29) is 6.03 Å². The predicted molar refractivity (Wildman–Crippen MR) is 95.5 cm³/mol. The first-order valence-corrected chi connectivity index (χ1v) is 8.50. The number of nitrogens with one attached hydrogen (secondary N) is 2. The van der Waals surface area contributed by atoms with Crippen LogP contribution in [0.3, 0.4) is 0 Å². The van der Waals surface area contributed by atoms with Gasteiger partial charge in [0, 0.05) is 0 Å². The molecule has 1 aliphatic heterocycles. The summed E-state index contributed by atoms with van der Waals surface area (Å²) in [7, 11) is 0. The van der Waals surface area contributed by atoms with Crippen LogP contribution < -0.4 is 10.2 Å². The van der Waals surface area contributed by atoms with E-state index in [2.05, 4.69) is 50.9 Å². The van der Waals surface area contributed by atoms with Gasteiger partial charge in [-0.25, -0.2) is 4.79 Å². The second-order valence-corrected chi connectivity index (χ2v) is 7.01. The summed E-state index contributed by atoms with van der Waals surface area (Å²) in [6.45, 7) is 17.2. The monoisotopic (exact) mass is 316 g/mol. The maximum Gasteiger partial charge on any atom is 0.318 e. The molecule has 1 aromatic rings. The molecule has 2 N–H and O–H groups in total. The van der Waals surface area contributed by atoms with Crippen molar-refractivity contribution in [1.29, 1.82) is 0 Å². The Morgan fingerprint density at radius 1 is 1.35 bits per heavy atom. The molecule has 1 aromatic carbocycles. The van der Waals surface area contributed by atoms with Crippen LogP contribution in [0, 0.1) is 0 Å². The number of carbonyl (C=O) groups is 1. The Morgan fingerprint density at radius 3 is 2.57 bits per heavy atom. The fourth-order valence-electron chi connectivity index (χ4n) is 2.97. The molecule has 1 saturated heterocycles. The lowest BCUT2D eigenvalue weighted by Gasteiger charge is -2.35. The number of nitrogens with zero attached hydrogens (tertiary/aromatic N) is 1. The van der Waals surface area contributed by atoms with Crippen molar-refractivity contribution in [3.8, 4) is 0 Å². The number of piperazine rings is 1. The quantitative estimate of drug-likeness (QED) is 0.874. The maximum absolute atomic E-state index is 12.6. The van der Waals surface area contributed by atoms with E-state index >= 15 is 0 Å². The zero-order valence-corrected chi connectivity index (χ0v) is 14.9. The van der Waals surface area contributed by atoms with Crippen LogP contribution in [-0.2, 0) is 5.54 Å². The number of hydrogen-bond acceptors (Lipinski definition) is 1. The van der Waals surface area contributed by atoms with Crippen LogP contribution >= 0.6 is 0 Å². The third kappa shape index (κ3) is 4.35. The Morgan fingerprint density at radius 2 is 2.00 bits per heavy atom. The van der Waals surface area contributed by atoms with E-state index in [4.69, 9.17) is 0 Å². The summed E-state index contributed by atoms with van der Waals surface area (Å²) >= 11 is 0. The number of quaternary nitrogens is 1. The first-order chi connectivity index (χ1) is 10.8. The van der Waals surface area contributed by atoms with Gasteiger partial charge in [-0.3, -0.25) is 0 Å². The molecule has 0 aromatic heterocycles. The second-order valence-electron chi connectivity index (χ2n) is 7.01. The Bertz CT molecular complexity index is 572. The van der Waals surface area contributed by atoms with E-state index in [1.54, 1.807) is 4.90 Å². The van der Waals surface area contributed by atoms with E-state index in [0.29, 0.717) is 0 Å². The molecule has 4 nitrogen and oxygen atoms in total. The number of amides is 2. The zero-order chi connectivity index (χ0) is 17.0. The van der Waals surface area contributed by atoms with Gasteiger partial charge in [0.15, 0.2) is 0 Å². The Hall–Kier alpha value is -1.81. The van der Waals surface area contributed by atoms with Crippen LogP contribution in [0.15, 0.2) is 30.8 Å². The molecule has 4 heteroatoms. The normalized spacial score (nSPS) is 16.3. The van der Waals surface area contributed by atoms with E-state index in [0.717, 1.165) is 49.4 Å². The summed E-state index contributed by atoms with van der Waals surface area (Å²) in [6, 6.07) is 8.28. The number of benzene rings is 1. The van der Waals surface area contributed by atoms with Gasteiger partial charge in [0.05, 0.1) is 38.3 Å². The van der Waals surface area contributed by atoms with Crippen LogP contribution in [-0.4, -0.2) is 43.7 Å². The highest BCUT2D eigenvalue weighted by Gasteiger charge is 2.28. The molecule has 1 fully saturated rings. The standard InChI is InChI=1S/C19H29N3O/c1-6-21-10-12-22(13-11-21)18(23)20-19(4,5)17-9-7-8-16(14-17)15(2)3/h7-9,14H,2,6,10-13H2,1,3-5H3,(H,20,23)/p+1. The largest absolute Gasteiger partial charge is 0.332 e. The lowest BCUT2D eigenvalue weighted by Crippen LogP contribution is -3.14. The van der Waals surface area contributed by atoms with Gasteiger partial charge >= 0.3 is 6.03 Å². The molecule has 1 aliphatic rings. The van der Waals surface area contributed by atoms with Gasteiger partial charge in [-0.1, -0.05) is 30.4 Å². The van der Waals surface area contributed by atoms with Crippen LogP contribution in [0.4, 0.5) is 4.79 Å². The minimum Gasteiger partial charge on any atom is -0.332 e. The third-order valence-electron chi connectivity index (χ3n) is 4.75. The summed E-state index contributed by atoms with van der Waals surface area (Å²) in [5.41, 5.74) is 2.85. The van der Waals surface area contributed by atoms with Crippen molar-refractivity contribution in [3.63, 3.8) is 0 Å². The highest BCUT2D eigenvalue weighted by Crippen LogP contribution is 2.23. The summed E-state index contributed by atoms with van der Waals surface area (Å²) in [5.74, 6) is 0. The summed E-state index contributed by atoms with van der Waals surface area (Å²) in [5, 5.41) is 3.19. The first-order valence-electron chi connectivity index (χ1n) is 8.50. The smallest absolute Gasteiger partial charge is 0.318 e. The van der Waals surface area contributed by atoms with Crippen LogP contribution in [0.25, 0.3) is 5.57 Å². The molecule has 126 valence electrons. The Labute approximate surface area is 140 Å².